The van der Waals surface area contributed by atoms with Crippen molar-refractivity contribution in [1.82, 2.24) is 0 Å². The van der Waals surface area contributed by atoms with Crippen LogP contribution in [0, 0.1) is 17.8 Å². The van der Waals surface area contributed by atoms with Crippen LogP contribution in [0.3, 0.4) is 0 Å². The third-order valence-electron chi connectivity index (χ3n) is 3.13. The van der Waals surface area contributed by atoms with Gasteiger partial charge in [0.15, 0.2) is 0 Å². The highest BCUT2D eigenvalue weighted by atomic mass is 32.2. The van der Waals surface area contributed by atoms with Gasteiger partial charge in [-0.2, -0.15) is 16.8 Å². The van der Waals surface area contributed by atoms with Gasteiger partial charge in [-0.1, -0.05) is 20.8 Å². The first-order valence-electron chi connectivity index (χ1n) is 5.82. The van der Waals surface area contributed by atoms with Crippen molar-refractivity contribution in [3.8, 4) is 0 Å². The quantitative estimate of drug-likeness (QED) is 0.657. The van der Waals surface area contributed by atoms with Gasteiger partial charge >= 0.3 is 0 Å². The molecule has 0 spiro atoms. The molecule has 0 aliphatic heterocycles. The highest BCUT2D eigenvalue weighted by molar-refractivity contribution is 7.86. The van der Waals surface area contributed by atoms with E-state index in [1.54, 1.807) is 0 Å². The Morgan fingerprint density at radius 3 is 1.56 bits per heavy atom. The van der Waals surface area contributed by atoms with E-state index < -0.39 is 20.2 Å². The van der Waals surface area contributed by atoms with Gasteiger partial charge in [0.05, 0.1) is 11.5 Å². The molecule has 8 heteroatoms. The Labute approximate surface area is 109 Å². The Bertz CT molecular complexity index is 437. The predicted octanol–water partition coefficient (Wildman–Crippen LogP) is 1.45. The maximum atomic E-state index is 10.7. The van der Waals surface area contributed by atoms with Crippen LogP contribution in [0.15, 0.2) is 0 Å². The van der Waals surface area contributed by atoms with Crippen molar-refractivity contribution >= 4 is 20.2 Å². The summed E-state index contributed by atoms with van der Waals surface area (Å²) in [6, 6.07) is 0. The largest absolute Gasteiger partial charge is 0.286 e. The first kappa shape index (κ1) is 17.8. The molecular formula is C10H22O6S2. The molecule has 110 valence electrons. The molecule has 2 N–H and O–H groups in total. The standard InChI is InChI=1S/C10H22O6S2/c1-8(2)10(5-7-18(14,15)16)9(3)4-6-17(11,12)13/h8-10H,4-7H2,1-3H3,(H,11,12,13)(H,14,15,16). The van der Waals surface area contributed by atoms with Gasteiger partial charge < -0.3 is 0 Å². The molecule has 0 bridgehead atoms. The zero-order valence-electron chi connectivity index (χ0n) is 10.9. The highest BCUT2D eigenvalue weighted by Gasteiger charge is 2.24. The van der Waals surface area contributed by atoms with E-state index in [0.717, 1.165) is 0 Å². The van der Waals surface area contributed by atoms with Crippen LogP contribution in [-0.2, 0) is 20.2 Å². The van der Waals surface area contributed by atoms with Gasteiger partial charge in [-0.05, 0) is 30.6 Å². The number of rotatable bonds is 8. The minimum Gasteiger partial charge on any atom is -0.286 e. The Morgan fingerprint density at radius 1 is 0.833 bits per heavy atom. The second kappa shape index (κ2) is 6.83. The van der Waals surface area contributed by atoms with Gasteiger partial charge in [-0.25, -0.2) is 0 Å². The molecule has 2 unspecified atom stereocenters. The molecule has 0 rings (SSSR count). The zero-order valence-corrected chi connectivity index (χ0v) is 12.5. The fourth-order valence-electron chi connectivity index (χ4n) is 2.11. The van der Waals surface area contributed by atoms with E-state index in [-0.39, 0.29) is 42.1 Å². The van der Waals surface area contributed by atoms with Gasteiger partial charge in [0.2, 0.25) is 0 Å². The lowest BCUT2D eigenvalue weighted by Gasteiger charge is -2.26. The molecule has 0 aliphatic carbocycles. The molecule has 0 saturated heterocycles. The van der Waals surface area contributed by atoms with Crippen molar-refractivity contribution in [3.63, 3.8) is 0 Å². The minimum absolute atomic E-state index is 0.0197. The van der Waals surface area contributed by atoms with Crippen molar-refractivity contribution in [2.75, 3.05) is 11.5 Å². The number of hydrogen-bond acceptors (Lipinski definition) is 4. The van der Waals surface area contributed by atoms with Crippen LogP contribution >= 0.6 is 0 Å². The summed E-state index contributed by atoms with van der Waals surface area (Å²) in [5.74, 6) is -0.555. The SMILES string of the molecule is CC(C)C(CCS(=O)(=O)O)C(C)CCS(=O)(=O)O. The molecule has 0 amide bonds. The van der Waals surface area contributed by atoms with Crippen LogP contribution in [0.1, 0.15) is 33.6 Å². The summed E-state index contributed by atoms with van der Waals surface area (Å²) < 4.78 is 60.2. The van der Waals surface area contributed by atoms with Crippen LogP contribution in [0.4, 0.5) is 0 Å². The van der Waals surface area contributed by atoms with Gasteiger partial charge in [0.1, 0.15) is 0 Å². The van der Waals surface area contributed by atoms with Gasteiger partial charge in [0, 0.05) is 0 Å². The van der Waals surface area contributed by atoms with E-state index in [4.69, 9.17) is 9.11 Å². The third-order valence-corrected chi connectivity index (χ3v) is 4.63. The van der Waals surface area contributed by atoms with Gasteiger partial charge in [0.25, 0.3) is 20.2 Å². The molecule has 6 nitrogen and oxygen atoms in total. The first-order valence-corrected chi connectivity index (χ1v) is 9.04. The summed E-state index contributed by atoms with van der Waals surface area (Å²) in [6.07, 6.45) is 0.552. The molecule has 0 heterocycles. The van der Waals surface area contributed by atoms with Crippen LogP contribution in [0.5, 0.6) is 0 Å². The van der Waals surface area contributed by atoms with Gasteiger partial charge in [-0.15, -0.1) is 0 Å². The Morgan fingerprint density at radius 2 is 1.22 bits per heavy atom. The van der Waals surface area contributed by atoms with E-state index in [0.29, 0.717) is 0 Å². The third kappa shape index (κ3) is 8.84. The van der Waals surface area contributed by atoms with E-state index in [1.807, 2.05) is 20.8 Å². The second-order valence-corrected chi connectivity index (χ2v) is 8.18. The topological polar surface area (TPSA) is 109 Å². The van der Waals surface area contributed by atoms with E-state index >= 15 is 0 Å². The van der Waals surface area contributed by atoms with Crippen molar-refractivity contribution in [2.24, 2.45) is 17.8 Å². The lowest BCUT2D eigenvalue weighted by atomic mass is 9.81. The van der Waals surface area contributed by atoms with E-state index in [2.05, 4.69) is 0 Å². The first-order chi connectivity index (χ1) is 7.92. The molecule has 0 radical (unpaired) electrons. The molecule has 0 aliphatic rings. The van der Waals surface area contributed by atoms with Crippen molar-refractivity contribution in [2.45, 2.75) is 33.6 Å². The lowest BCUT2D eigenvalue weighted by molar-refractivity contribution is 0.255. The van der Waals surface area contributed by atoms with Crippen LogP contribution in [0.25, 0.3) is 0 Å². The zero-order chi connectivity index (χ0) is 14.6. The molecule has 0 aromatic rings. The summed E-state index contributed by atoms with van der Waals surface area (Å²) in [4.78, 5) is 0. The van der Waals surface area contributed by atoms with Gasteiger partial charge in [-0.3, -0.25) is 9.11 Å². The maximum Gasteiger partial charge on any atom is 0.264 e. The molecule has 0 aromatic carbocycles. The fourth-order valence-corrected chi connectivity index (χ4v) is 3.35. The average Bonchev–Trinajstić information content (AvgIpc) is 2.11. The number of hydrogen-bond donors (Lipinski definition) is 2. The molecule has 0 fully saturated rings. The fraction of sp³-hybridized carbons (Fsp3) is 1.00. The van der Waals surface area contributed by atoms with Crippen molar-refractivity contribution < 1.29 is 25.9 Å². The molecule has 0 aromatic heterocycles. The van der Waals surface area contributed by atoms with E-state index in [9.17, 15) is 16.8 Å². The van der Waals surface area contributed by atoms with Crippen LogP contribution in [0.2, 0.25) is 0 Å². The highest BCUT2D eigenvalue weighted by Crippen LogP contribution is 2.27. The van der Waals surface area contributed by atoms with Crippen molar-refractivity contribution in [3.05, 3.63) is 0 Å². The smallest absolute Gasteiger partial charge is 0.264 e. The summed E-state index contributed by atoms with van der Waals surface area (Å²) in [7, 11) is -7.99. The Balaban J connectivity index is 4.50. The minimum atomic E-state index is -4.00. The predicted molar refractivity (Wildman–Crippen MR) is 69.6 cm³/mol. The monoisotopic (exact) mass is 302 g/mol. The second-order valence-electron chi connectivity index (χ2n) is 5.03. The van der Waals surface area contributed by atoms with Crippen LogP contribution in [-0.4, -0.2) is 37.4 Å². The summed E-state index contributed by atoms with van der Waals surface area (Å²) in [5.41, 5.74) is 0. The molecule has 2 atom stereocenters. The molecule has 0 saturated carbocycles. The Hall–Kier alpha value is -0.180. The van der Waals surface area contributed by atoms with Crippen molar-refractivity contribution in [1.29, 1.82) is 0 Å². The maximum absolute atomic E-state index is 10.7. The lowest BCUT2D eigenvalue weighted by Crippen LogP contribution is -2.23. The Kier molecular flexibility index (Phi) is 6.77. The molecule has 18 heavy (non-hydrogen) atoms. The average molecular weight is 302 g/mol. The summed E-state index contributed by atoms with van der Waals surface area (Å²) >= 11 is 0. The normalized spacial score (nSPS) is 16.8. The summed E-state index contributed by atoms with van der Waals surface area (Å²) in [6.45, 7) is 5.65. The van der Waals surface area contributed by atoms with Crippen LogP contribution < -0.4 is 0 Å². The molecular weight excluding hydrogens is 280 g/mol. The summed E-state index contributed by atoms with van der Waals surface area (Å²) in [5, 5.41) is 0. The van der Waals surface area contributed by atoms with E-state index in [1.165, 1.54) is 0 Å².